The Morgan fingerprint density at radius 1 is 1.25 bits per heavy atom. The number of halogens is 2. The smallest absolute Gasteiger partial charge is 0.409 e. The van der Waals surface area contributed by atoms with E-state index in [1.807, 2.05) is 5.32 Å². The van der Waals surface area contributed by atoms with Gasteiger partial charge in [0.1, 0.15) is 0 Å². The number of nitrogens with one attached hydrogen (secondary N) is 1. The highest BCUT2D eigenvalue weighted by atomic mass is 35.5. The molecule has 4 nitrogen and oxygen atoms in total. The van der Waals surface area contributed by atoms with Gasteiger partial charge in [0, 0.05) is 5.56 Å². The number of ketones is 1. The second-order valence-electron chi connectivity index (χ2n) is 2.87. The Hall–Kier alpha value is -1.52. The summed E-state index contributed by atoms with van der Waals surface area (Å²) in [6, 6.07) is 4.23. The standard InChI is InChI=1S/C10H7Cl2NO3/c1-5(13-10(15)16)9(14)6-2-3-7(11)8(12)4-6/h2-4,13H,1H2,(H,15,16). The molecule has 0 atom stereocenters. The third kappa shape index (κ3) is 2.98. The summed E-state index contributed by atoms with van der Waals surface area (Å²) in [5.41, 5.74) is -0.0287. The van der Waals surface area contributed by atoms with E-state index < -0.39 is 11.9 Å². The van der Waals surface area contributed by atoms with E-state index in [2.05, 4.69) is 6.58 Å². The zero-order valence-corrected chi connectivity index (χ0v) is 9.47. The van der Waals surface area contributed by atoms with E-state index in [0.717, 1.165) is 0 Å². The van der Waals surface area contributed by atoms with Gasteiger partial charge in [0.2, 0.25) is 5.78 Å². The van der Waals surface area contributed by atoms with Gasteiger partial charge >= 0.3 is 6.09 Å². The van der Waals surface area contributed by atoms with E-state index in [9.17, 15) is 9.59 Å². The Bertz CT molecular complexity index is 471. The van der Waals surface area contributed by atoms with Crippen LogP contribution in [-0.4, -0.2) is 17.0 Å². The third-order valence-electron chi connectivity index (χ3n) is 1.71. The molecule has 0 bridgehead atoms. The molecule has 0 aliphatic carbocycles. The van der Waals surface area contributed by atoms with Crippen molar-refractivity contribution in [3.8, 4) is 0 Å². The van der Waals surface area contributed by atoms with E-state index in [-0.39, 0.29) is 16.3 Å². The summed E-state index contributed by atoms with van der Waals surface area (Å²) in [7, 11) is 0. The number of allylic oxidation sites excluding steroid dienone is 1. The molecule has 0 heterocycles. The average Bonchev–Trinajstić information content (AvgIpc) is 2.20. The van der Waals surface area contributed by atoms with Crippen LogP contribution in [0.15, 0.2) is 30.5 Å². The van der Waals surface area contributed by atoms with Gasteiger partial charge in [-0.15, -0.1) is 0 Å². The van der Waals surface area contributed by atoms with E-state index in [0.29, 0.717) is 5.02 Å². The molecule has 0 radical (unpaired) electrons. The fourth-order valence-electron chi connectivity index (χ4n) is 0.997. The lowest BCUT2D eigenvalue weighted by atomic mass is 10.1. The molecule has 16 heavy (non-hydrogen) atoms. The van der Waals surface area contributed by atoms with E-state index in [1.54, 1.807) is 0 Å². The van der Waals surface area contributed by atoms with Crippen LogP contribution in [0.4, 0.5) is 4.79 Å². The topological polar surface area (TPSA) is 66.4 Å². The number of rotatable bonds is 3. The van der Waals surface area contributed by atoms with Crippen molar-refractivity contribution in [2.45, 2.75) is 0 Å². The predicted octanol–water partition coefficient (Wildman–Crippen LogP) is 2.96. The zero-order chi connectivity index (χ0) is 12.3. The SMILES string of the molecule is C=C(NC(=O)O)C(=O)c1ccc(Cl)c(Cl)c1. The Kier molecular flexibility index (Phi) is 3.93. The van der Waals surface area contributed by atoms with Crippen LogP contribution < -0.4 is 5.32 Å². The van der Waals surface area contributed by atoms with Crippen LogP contribution in [-0.2, 0) is 0 Å². The third-order valence-corrected chi connectivity index (χ3v) is 2.45. The van der Waals surface area contributed by atoms with E-state index in [4.69, 9.17) is 28.3 Å². The van der Waals surface area contributed by atoms with Gasteiger partial charge in [0.15, 0.2) is 0 Å². The van der Waals surface area contributed by atoms with Crippen LogP contribution in [0, 0.1) is 0 Å². The average molecular weight is 260 g/mol. The van der Waals surface area contributed by atoms with Crippen LogP contribution in [0.1, 0.15) is 10.4 Å². The zero-order valence-electron chi connectivity index (χ0n) is 7.96. The molecule has 0 saturated carbocycles. The monoisotopic (exact) mass is 259 g/mol. The molecule has 2 N–H and O–H groups in total. The summed E-state index contributed by atoms with van der Waals surface area (Å²) in [6.07, 6.45) is -1.35. The first-order chi connectivity index (χ1) is 7.41. The van der Waals surface area contributed by atoms with Gasteiger partial charge in [-0.2, -0.15) is 0 Å². The molecule has 84 valence electrons. The normalized spacial score (nSPS) is 9.62. The maximum absolute atomic E-state index is 11.6. The molecule has 1 rings (SSSR count). The maximum Gasteiger partial charge on any atom is 0.409 e. The summed E-state index contributed by atoms with van der Waals surface area (Å²) in [5.74, 6) is -0.555. The fourth-order valence-corrected chi connectivity index (χ4v) is 1.30. The molecule has 0 saturated heterocycles. The van der Waals surface area contributed by atoms with Crippen molar-refractivity contribution in [1.82, 2.24) is 5.32 Å². The summed E-state index contributed by atoms with van der Waals surface area (Å²) in [5, 5.41) is 10.8. The van der Waals surface area contributed by atoms with Crippen molar-refractivity contribution in [3.63, 3.8) is 0 Å². The molecule has 1 aromatic rings. The molecule has 0 spiro atoms. The Morgan fingerprint density at radius 2 is 1.88 bits per heavy atom. The first-order valence-electron chi connectivity index (χ1n) is 4.10. The van der Waals surface area contributed by atoms with Crippen LogP contribution in [0.5, 0.6) is 0 Å². The first kappa shape index (κ1) is 12.5. The van der Waals surface area contributed by atoms with Gasteiger partial charge in [-0.1, -0.05) is 29.8 Å². The summed E-state index contributed by atoms with van der Waals surface area (Å²) < 4.78 is 0. The molecular weight excluding hydrogens is 253 g/mol. The lowest BCUT2D eigenvalue weighted by molar-refractivity contribution is 0.102. The van der Waals surface area contributed by atoms with Crippen molar-refractivity contribution in [3.05, 3.63) is 46.1 Å². The number of carbonyl (C=O) groups is 2. The number of amides is 1. The Labute approximate surface area is 101 Å². The van der Waals surface area contributed by atoms with Crippen LogP contribution in [0.25, 0.3) is 0 Å². The number of carbonyl (C=O) groups excluding carboxylic acids is 1. The largest absolute Gasteiger partial charge is 0.465 e. The fraction of sp³-hybridized carbons (Fsp3) is 0. The van der Waals surface area contributed by atoms with Gasteiger partial charge in [-0.05, 0) is 18.2 Å². The number of hydrogen-bond acceptors (Lipinski definition) is 2. The second-order valence-corrected chi connectivity index (χ2v) is 3.68. The molecule has 6 heteroatoms. The Morgan fingerprint density at radius 3 is 2.38 bits per heavy atom. The highest BCUT2D eigenvalue weighted by molar-refractivity contribution is 6.42. The minimum Gasteiger partial charge on any atom is -0.465 e. The van der Waals surface area contributed by atoms with Crippen LogP contribution in [0.2, 0.25) is 10.0 Å². The number of carboxylic acid groups (broad SMARTS) is 1. The van der Waals surface area contributed by atoms with Gasteiger partial charge in [0.25, 0.3) is 0 Å². The summed E-state index contributed by atoms with van der Waals surface area (Å²) >= 11 is 11.4. The molecular formula is C10H7Cl2NO3. The molecule has 0 aliphatic heterocycles. The van der Waals surface area contributed by atoms with Crippen molar-refractivity contribution in [2.24, 2.45) is 0 Å². The molecule has 1 aromatic carbocycles. The highest BCUT2D eigenvalue weighted by Gasteiger charge is 2.13. The van der Waals surface area contributed by atoms with Crippen LogP contribution in [0.3, 0.4) is 0 Å². The maximum atomic E-state index is 11.6. The molecule has 0 aliphatic rings. The highest BCUT2D eigenvalue weighted by Crippen LogP contribution is 2.23. The lowest BCUT2D eigenvalue weighted by Crippen LogP contribution is -2.24. The lowest BCUT2D eigenvalue weighted by Gasteiger charge is -2.05. The minimum absolute atomic E-state index is 0.216. The van der Waals surface area contributed by atoms with E-state index in [1.165, 1.54) is 18.2 Å². The van der Waals surface area contributed by atoms with Crippen molar-refractivity contribution >= 4 is 35.1 Å². The number of hydrogen-bond donors (Lipinski definition) is 2. The van der Waals surface area contributed by atoms with Crippen molar-refractivity contribution in [2.75, 3.05) is 0 Å². The predicted molar refractivity (Wildman–Crippen MR) is 61.1 cm³/mol. The van der Waals surface area contributed by atoms with E-state index >= 15 is 0 Å². The van der Waals surface area contributed by atoms with Crippen LogP contribution >= 0.6 is 23.2 Å². The minimum atomic E-state index is -1.35. The van der Waals surface area contributed by atoms with Gasteiger partial charge < -0.3 is 5.11 Å². The van der Waals surface area contributed by atoms with Gasteiger partial charge in [-0.3, -0.25) is 10.1 Å². The first-order valence-corrected chi connectivity index (χ1v) is 4.86. The van der Waals surface area contributed by atoms with Gasteiger partial charge in [-0.25, -0.2) is 4.79 Å². The quantitative estimate of drug-likeness (QED) is 0.648. The summed E-state index contributed by atoms with van der Waals surface area (Å²) in [4.78, 5) is 21.9. The Balaban J connectivity index is 2.92. The molecule has 1 amide bonds. The van der Waals surface area contributed by atoms with Crippen molar-refractivity contribution in [1.29, 1.82) is 0 Å². The second kappa shape index (κ2) is 5.01. The summed E-state index contributed by atoms with van der Waals surface area (Å²) in [6.45, 7) is 3.31. The molecule has 0 aromatic heterocycles. The van der Waals surface area contributed by atoms with Crippen molar-refractivity contribution < 1.29 is 14.7 Å². The number of benzene rings is 1. The van der Waals surface area contributed by atoms with Gasteiger partial charge in [0.05, 0.1) is 15.7 Å². The molecule has 0 unspecified atom stereocenters. The number of Topliss-reactive ketones (excluding diaryl/α,β-unsaturated/α-hetero) is 1. The molecule has 0 fully saturated rings.